The summed E-state index contributed by atoms with van der Waals surface area (Å²) < 4.78 is 11.2. The number of amides is 2. The van der Waals surface area contributed by atoms with Crippen molar-refractivity contribution in [3.63, 3.8) is 0 Å². The van der Waals surface area contributed by atoms with E-state index in [0.29, 0.717) is 24.6 Å². The first-order valence-corrected chi connectivity index (χ1v) is 14.8. The molecular formula is C35H37N5O4. The molecule has 0 spiro atoms. The number of benzene rings is 3. The first-order chi connectivity index (χ1) is 21.5. The lowest BCUT2D eigenvalue weighted by Gasteiger charge is -2.48. The van der Waals surface area contributed by atoms with Gasteiger partial charge in [-0.2, -0.15) is 0 Å². The fourth-order valence-corrected chi connectivity index (χ4v) is 6.49. The fraction of sp³-hybridized carbons (Fsp3) is 0.257. The maximum Gasteiger partial charge on any atom is 0.262 e. The van der Waals surface area contributed by atoms with Crippen molar-refractivity contribution < 1.29 is 19.1 Å². The Hall–Kier alpha value is -5.02. The minimum atomic E-state index is -1.51. The smallest absolute Gasteiger partial charge is 0.262 e. The van der Waals surface area contributed by atoms with E-state index < -0.39 is 11.6 Å². The number of hydrogen-bond acceptors (Lipinski definition) is 5. The molecule has 1 aliphatic heterocycles. The molecule has 1 aliphatic rings. The molecule has 0 saturated heterocycles. The number of fused-ring (bicyclic) bond motifs is 2. The summed E-state index contributed by atoms with van der Waals surface area (Å²) in [5.41, 5.74) is 2.91. The van der Waals surface area contributed by atoms with Gasteiger partial charge in [-0.05, 0) is 47.9 Å². The van der Waals surface area contributed by atoms with E-state index in [1.54, 1.807) is 14.2 Å². The van der Waals surface area contributed by atoms with Gasteiger partial charge in [0.1, 0.15) is 11.5 Å². The van der Waals surface area contributed by atoms with Gasteiger partial charge in [-0.15, -0.1) is 0 Å². The number of ether oxygens (including phenoxy) is 2. The summed E-state index contributed by atoms with van der Waals surface area (Å²) in [6.45, 7) is 2.74. The third-order valence-electron chi connectivity index (χ3n) is 8.48. The first kappa shape index (κ1) is 29.1. The molecule has 3 aromatic carbocycles. The van der Waals surface area contributed by atoms with Crippen molar-refractivity contribution >= 4 is 33.6 Å². The topological polar surface area (TPSA) is 111 Å². The number of nitrogens with zero attached hydrogens (tertiary/aromatic N) is 1. The summed E-state index contributed by atoms with van der Waals surface area (Å²) in [7, 11) is 3.25. The highest BCUT2D eigenvalue weighted by Crippen LogP contribution is 2.44. The van der Waals surface area contributed by atoms with Crippen LogP contribution in [0.25, 0.3) is 21.8 Å². The van der Waals surface area contributed by atoms with Crippen molar-refractivity contribution in [1.29, 1.82) is 0 Å². The summed E-state index contributed by atoms with van der Waals surface area (Å²) in [5, 5.41) is 8.28. The van der Waals surface area contributed by atoms with E-state index in [9.17, 15) is 4.79 Å². The molecule has 2 aromatic heterocycles. The van der Waals surface area contributed by atoms with Crippen LogP contribution in [0.15, 0.2) is 91.3 Å². The van der Waals surface area contributed by atoms with E-state index in [1.807, 2.05) is 79.1 Å². The molecule has 4 N–H and O–H groups in total. The molecule has 5 aromatic rings. The normalized spacial score (nSPS) is 15.5. The third-order valence-corrected chi connectivity index (χ3v) is 8.48. The average Bonchev–Trinajstić information content (AvgIpc) is 3.68. The van der Waals surface area contributed by atoms with Gasteiger partial charge < -0.3 is 30.1 Å². The van der Waals surface area contributed by atoms with Gasteiger partial charge in [0.05, 0.1) is 20.1 Å². The Bertz CT molecular complexity index is 1840. The van der Waals surface area contributed by atoms with Gasteiger partial charge >= 0.3 is 0 Å². The Labute approximate surface area is 256 Å². The van der Waals surface area contributed by atoms with Crippen molar-refractivity contribution in [3.8, 4) is 11.5 Å². The Balaban J connectivity index is 1.61. The summed E-state index contributed by atoms with van der Waals surface area (Å²) in [6.07, 6.45) is 8.80. The predicted octanol–water partition coefficient (Wildman–Crippen LogP) is 5.21. The second-order valence-electron chi connectivity index (χ2n) is 11.0. The second kappa shape index (κ2) is 12.3. The molecular weight excluding hydrogens is 554 g/mol. The number of methoxy groups -OCH3 is 2. The monoisotopic (exact) mass is 591 g/mol. The Kier molecular flexibility index (Phi) is 8.13. The summed E-state index contributed by atoms with van der Waals surface area (Å²) in [4.78, 5) is 37.2. The van der Waals surface area contributed by atoms with Crippen LogP contribution in [0, 0.1) is 0 Å². The highest BCUT2D eigenvalue weighted by molar-refractivity contribution is 5.97. The van der Waals surface area contributed by atoms with Crippen LogP contribution in [0.5, 0.6) is 11.5 Å². The highest BCUT2D eigenvalue weighted by Gasteiger charge is 2.53. The number of para-hydroxylation sites is 2. The standard InChI is InChI=1S/C35H37N5O4/c1-23(41)39-35(40-17-9-4-10-18-40,34(42)38-20-24-11-5-8-14-32(24)44-3)33(28-21-36-30-13-7-6-12-26(28)30)29-22-37-31-16-15-25(43-2)19-27(29)31/h4-9,11-16,19,21-22,33,36-37H,10,17-18,20H2,1-3H3,(H,38,42)(H,39,41). The summed E-state index contributed by atoms with van der Waals surface area (Å²) >= 11 is 0. The Morgan fingerprint density at radius 2 is 1.64 bits per heavy atom. The number of aromatic nitrogens is 2. The Morgan fingerprint density at radius 1 is 0.909 bits per heavy atom. The van der Waals surface area contributed by atoms with Crippen LogP contribution in [0.3, 0.4) is 0 Å². The van der Waals surface area contributed by atoms with E-state index in [1.165, 1.54) is 6.92 Å². The van der Waals surface area contributed by atoms with Crippen molar-refractivity contribution in [2.75, 3.05) is 27.3 Å². The largest absolute Gasteiger partial charge is 0.497 e. The molecule has 3 heterocycles. The Morgan fingerprint density at radius 3 is 2.36 bits per heavy atom. The molecule has 2 amide bonds. The van der Waals surface area contributed by atoms with Gasteiger partial charge in [-0.25, -0.2) is 0 Å². The zero-order valence-corrected chi connectivity index (χ0v) is 25.1. The zero-order chi connectivity index (χ0) is 30.7. The van der Waals surface area contributed by atoms with Crippen molar-refractivity contribution in [3.05, 3.63) is 108 Å². The van der Waals surface area contributed by atoms with Crippen LogP contribution < -0.4 is 20.1 Å². The van der Waals surface area contributed by atoms with E-state index >= 15 is 4.79 Å². The number of rotatable bonds is 10. The minimum absolute atomic E-state index is 0.218. The average molecular weight is 592 g/mol. The predicted molar refractivity (Wildman–Crippen MR) is 172 cm³/mol. The molecule has 6 rings (SSSR count). The van der Waals surface area contributed by atoms with Gasteiger partial charge in [-0.3, -0.25) is 14.5 Å². The van der Waals surface area contributed by atoms with E-state index in [2.05, 4.69) is 37.7 Å². The minimum Gasteiger partial charge on any atom is -0.497 e. The van der Waals surface area contributed by atoms with Crippen LogP contribution in [-0.2, 0) is 16.1 Å². The maximum absolute atomic E-state index is 15.0. The molecule has 0 saturated carbocycles. The highest BCUT2D eigenvalue weighted by atomic mass is 16.5. The molecule has 2 atom stereocenters. The summed E-state index contributed by atoms with van der Waals surface area (Å²) in [6, 6.07) is 21.5. The van der Waals surface area contributed by atoms with Crippen molar-refractivity contribution in [2.45, 2.75) is 31.5 Å². The van der Waals surface area contributed by atoms with Crippen LogP contribution in [0.4, 0.5) is 0 Å². The number of carbonyl (C=O) groups is 2. The number of hydrogen-bond donors (Lipinski definition) is 4. The molecule has 0 radical (unpaired) electrons. The van der Waals surface area contributed by atoms with Crippen LogP contribution in [-0.4, -0.2) is 59.7 Å². The van der Waals surface area contributed by atoms with Gasteiger partial charge in [0.15, 0.2) is 5.66 Å². The van der Waals surface area contributed by atoms with Crippen LogP contribution in [0.2, 0.25) is 0 Å². The number of aromatic amines is 2. The van der Waals surface area contributed by atoms with E-state index in [-0.39, 0.29) is 18.4 Å². The van der Waals surface area contributed by atoms with Crippen LogP contribution in [0.1, 0.15) is 36.0 Å². The van der Waals surface area contributed by atoms with Gasteiger partial charge in [0.25, 0.3) is 5.91 Å². The lowest BCUT2D eigenvalue weighted by atomic mass is 9.77. The van der Waals surface area contributed by atoms with Crippen LogP contribution >= 0.6 is 0 Å². The molecule has 2 unspecified atom stereocenters. The van der Waals surface area contributed by atoms with Gasteiger partial charge in [0, 0.05) is 66.3 Å². The SMILES string of the molecule is COc1ccc2[nH]cc(C(c3c[nH]c4ccccc34)C(NC(C)=O)(C(=O)NCc3ccccc3OC)N3CC=CCC3)c2c1. The molecule has 226 valence electrons. The second-order valence-corrected chi connectivity index (χ2v) is 11.0. The quantitative estimate of drug-likeness (QED) is 0.167. The van der Waals surface area contributed by atoms with Crippen molar-refractivity contribution in [1.82, 2.24) is 25.5 Å². The zero-order valence-electron chi connectivity index (χ0n) is 25.1. The van der Waals surface area contributed by atoms with Gasteiger partial charge in [-0.1, -0.05) is 48.6 Å². The third kappa shape index (κ3) is 5.20. The number of nitrogens with one attached hydrogen (secondary N) is 4. The number of H-pyrrole nitrogens is 2. The molecule has 0 fully saturated rings. The first-order valence-electron chi connectivity index (χ1n) is 14.8. The van der Waals surface area contributed by atoms with E-state index in [0.717, 1.165) is 44.9 Å². The number of carbonyl (C=O) groups excluding carboxylic acids is 2. The molecule has 0 aliphatic carbocycles. The lowest BCUT2D eigenvalue weighted by Crippen LogP contribution is -2.71. The van der Waals surface area contributed by atoms with Gasteiger partial charge in [0.2, 0.25) is 5.91 Å². The maximum atomic E-state index is 15.0. The summed E-state index contributed by atoms with van der Waals surface area (Å²) in [5.74, 6) is 0.113. The molecule has 0 bridgehead atoms. The fourth-order valence-electron chi connectivity index (χ4n) is 6.49. The lowest BCUT2D eigenvalue weighted by molar-refractivity contribution is -0.143. The van der Waals surface area contributed by atoms with Crippen molar-refractivity contribution in [2.24, 2.45) is 0 Å². The van der Waals surface area contributed by atoms with E-state index in [4.69, 9.17) is 9.47 Å². The molecule has 9 nitrogen and oxygen atoms in total. The molecule has 9 heteroatoms. The molecule has 44 heavy (non-hydrogen) atoms.